The molecule has 0 unspecified atom stereocenters. The summed E-state index contributed by atoms with van der Waals surface area (Å²) in [5, 5.41) is 9.14. The summed E-state index contributed by atoms with van der Waals surface area (Å²) < 4.78 is 13.9. The van der Waals surface area contributed by atoms with E-state index in [1.54, 1.807) is 6.07 Å². The number of rotatable bonds is 2. The molecule has 0 saturated carbocycles. The van der Waals surface area contributed by atoms with Gasteiger partial charge in [-0.15, -0.1) is 11.3 Å². The Morgan fingerprint density at radius 3 is 2.89 bits per heavy atom. The van der Waals surface area contributed by atoms with Gasteiger partial charge in [-0.1, -0.05) is 17.7 Å². The van der Waals surface area contributed by atoms with E-state index in [0.29, 0.717) is 27.7 Å². The number of nitrogens with one attached hydrogen (secondary N) is 1. The molecule has 6 heteroatoms. The van der Waals surface area contributed by atoms with Crippen molar-refractivity contribution in [3.63, 3.8) is 0 Å². The minimum Gasteiger partial charge on any atom is -0.382 e. The standard InChI is InChI=1S/C13H9ClFN3S/c14-7-3-4-9(15)8(6-7)12-11(13(16)18-17-12)10-2-1-5-19-10/h1-6H,(H3,16,17,18). The van der Waals surface area contributed by atoms with Crippen molar-refractivity contribution in [1.82, 2.24) is 10.2 Å². The molecule has 3 nitrogen and oxygen atoms in total. The Hall–Kier alpha value is -1.85. The molecule has 96 valence electrons. The summed E-state index contributed by atoms with van der Waals surface area (Å²) in [5.74, 6) is -0.0253. The molecule has 2 heterocycles. The lowest BCUT2D eigenvalue weighted by atomic mass is 10.1. The predicted molar refractivity (Wildman–Crippen MR) is 76.7 cm³/mol. The molecule has 0 fully saturated rings. The molecule has 0 bridgehead atoms. The van der Waals surface area contributed by atoms with Gasteiger partial charge in [-0.2, -0.15) is 5.10 Å². The number of H-pyrrole nitrogens is 1. The summed E-state index contributed by atoms with van der Waals surface area (Å²) in [7, 11) is 0. The number of thiophene rings is 1. The van der Waals surface area contributed by atoms with E-state index in [1.807, 2.05) is 17.5 Å². The SMILES string of the molecule is Nc1n[nH]c(-c2cc(Cl)ccc2F)c1-c1cccs1. The van der Waals surface area contributed by atoms with Crippen molar-refractivity contribution in [1.29, 1.82) is 0 Å². The van der Waals surface area contributed by atoms with Crippen LogP contribution >= 0.6 is 22.9 Å². The Kier molecular flexibility index (Phi) is 3.00. The molecule has 19 heavy (non-hydrogen) atoms. The minimum absolute atomic E-state index is 0.344. The zero-order valence-corrected chi connectivity index (χ0v) is 11.2. The number of aromatic nitrogens is 2. The van der Waals surface area contributed by atoms with Crippen LogP contribution in [-0.2, 0) is 0 Å². The largest absolute Gasteiger partial charge is 0.382 e. The summed E-state index contributed by atoms with van der Waals surface area (Å²) in [6.45, 7) is 0. The van der Waals surface area contributed by atoms with Crippen molar-refractivity contribution in [3.05, 3.63) is 46.6 Å². The average molecular weight is 294 g/mol. The Labute approximate surface area is 117 Å². The highest BCUT2D eigenvalue weighted by molar-refractivity contribution is 7.13. The molecule has 1 aromatic carbocycles. The van der Waals surface area contributed by atoms with Crippen LogP contribution in [0.5, 0.6) is 0 Å². The summed E-state index contributed by atoms with van der Waals surface area (Å²) in [6, 6.07) is 8.21. The van der Waals surface area contributed by atoms with Gasteiger partial charge in [0, 0.05) is 15.5 Å². The monoisotopic (exact) mass is 293 g/mol. The predicted octanol–water partition coefficient (Wildman–Crippen LogP) is 4.18. The number of aromatic amines is 1. The van der Waals surface area contributed by atoms with Crippen molar-refractivity contribution in [2.24, 2.45) is 0 Å². The van der Waals surface area contributed by atoms with Gasteiger partial charge in [0.05, 0.1) is 11.3 Å². The first kappa shape index (κ1) is 12.2. The van der Waals surface area contributed by atoms with Gasteiger partial charge in [-0.25, -0.2) is 4.39 Å². The van der Waals surface area contributed by atoms with E-state index in [0.717, 1.165) is 4.88 Å². The quantitative estimate of drug-likeness (QED) is 0.744. The van der Waals surface area contributed by atoms with E-state index in [9.17, 15) is 4.39 Å². The molecule has 3 aromatic rings. The smallest absolute Gasteiger partial charge is 0.154 e. The number of nitrogen functional groups attached to an aromatic ring is 1. The third kappa shape index (κ3) is 2.11. The molecule has 0 amide bonds. The zero-order chi connectivity index (χ0) is 13.4. The lowest BCUT2D eigenvalue weighted by Crippen LogP contribution is -1.89. The Morgan fingerprint density at radius 2 is 2.16 bits per heavy atom. The molecular formula is C13H9ClFN3S. The van der Waals surface area contributed by atoms with E-state index in [-0.39, 0.29) is 5.82 Å². The highest BCUT2D eigenvalue weighted by Crippen LogP contribution is 2.38. The highest BCUT2D eigenvalue weighted by Gasteiger charge is 2.18. The number of nitrogens with zero attached hydrogens (tertiary/aromatic N) is 1. The Balaban J connectivity index is 2.24. The van der Waals surface area contributed by atoms with Crippen molar-refractivity contribution >= 4 is 28.8 Å². The lowest BCUT2D eigenvalue weighted by Gasteiger charge is -2.04. The molecule has 0 saturated heterocycles. The zero-order valence-electron chi connectivity index (χ0n) is 9.65. The molecule has 0 aliphatic rings. The Bertz CT molecular complexity index is 722. The van der Waals surface area contributed by atoms with Crippen LogP contribution in [0.3, 0.4) is 0 Å². The minimum atomic E-state index is -0.370. The van der Waals surface area contributed by atoms with Gasteiger partial charge in [0.15, 0.2) is 5.82 Å². The molecule has 3 N–H and O–H groups in total. The second kappa shape index (κ2) is 4.68. The molecule has 0 spiro atoms. The fraction of sp³-hybridized carbons (Fsp3) is 0. The maximum absolute atomic E-state index is 13.9. The van der Waals surface area contributed by atoms with Gasteiger partial charge in [-0.05, 0) is 29.6 Å². The number of benzene rings is 1. The normalized spacial score (nSPS) is 10.8. The third-order valence-corrected chi connectivity index (χ3v) is 3.88. The number of anilines is 1. The van der Waals surface area contributed by atoms with Crippen LogP contribution in [-0.4, -0.2) is 10.2 Å². The van der Waals surface area contributed by atoms with E-state index >= 15 is 0 Å². The van der Waals surface area contributed by atoms with Crippen molar-refractivity contribution in [3.8, 4) is 21.7 Å². The van der Waals surface area contributed by atoms with E-state index in [4.69, 9.17) is 17.3 Å². The van der Waals surface area contributed by atoms with Gasteiger partial charge in [0.1, 0.15) is 5.82 Å². The molecule has 0 atom stereocenters. The van der Waals surface area contributed by atoms with Crippen LogP contribution in [0, 0.1) is 5.82 Å². The molecular weight excluding hydrogens is 285 g/mol. The first-order chi connectivity index (χ1) is 9.16. The summed E-state index contributed by atoms with van der Waals surface area (Å²) in [6.07, 6.45) is 0. The van der Waals surface area contributed by atoms with Crippen molar-refractivity contribution < 1.29 is 4.39 Å². The number of halogens is 2. The van der Waals surface area contributed by atoms with Crippen LogP contribution in [0.15, 0.2) is 35.7 Å². The second-order valence-electron chi connectivity index (χ2n) is 3.96. The van der Waals surface area contributed by atoms with Crippen molar-refractivity contribution in [2.45, 2.75) is 0 Å². The van der Waals surface area contributed by atoms with Gasteiger partial charge in [-0.3, -0.25) is 5.10 Å². The Morgan fingerprint density at radius 1 is 1.32 bits per heavy atom. The molecule has 0 aliphatic heterocycles. The fourth-order valence-corrected chi connectivity index (χ4v) is 2.87. The number of hydrogen-bond acceptors (Lipinski definition) is 3. The average Bonchev–Trinajstić information content (AvgIpc) is 3.01. The van der Waals surface area contributed by atoms with E-state index < -0.39 is 0 Å². The van der Waals surface area contributed by atoms with Gasteiger partial charge >= 0.3 is 0 Å². The fourth-order valence-electron chi connectivity index (χ4n) is 1.91. The maximum Gasteiger partial charge on any atom is 0.154 e. The first-order valence-corrected chi connectivity index (χ1v) is 6.75. The highest BCUT2D eigenvalue weighted by atomic mass is 35.5. The second-order valence-corrected chi connectivity index (χ2v) is 5.34. The van der Waals surface area contributed by atoms with Crippen LogP contribution in [0.4, 0.5) is 10.2 Å². The van der Waals surface area contributed by atoms with Crippen LogP contribution in [0.25, 0.3) is 21.7 Å². The number of hydrogen-bond donors (Lipinski definition) is 2. The third-order valence-electron chi connectivity index (χ3n) is 2.76. The summed E-state index contributed by atoms with van der Waals surface area (Å²) >= 11 is 7.44. The van der Waals surface area contributed by atoms with Crippen LogP contribution in [0.1, 0.15) is 0 Å². The molecule has 0 radical (unpaired) electrons. The molecule has 3 rings (SSSR count). The molecule has 0 aliphatic carbocycles. The van der Waals surface area contributed by atoms with E-state index in [1.165, 1.54) is 23.5 Å². The lowest BCUT2D eigenvalue weighted by molar-refractivity contribution is 0.630. The first-order valence-electron chi connectivity index (χ1n) is 5.50. The summed E-state index contributed by atoms with van der Waals surface area (Å²) in [4.78, 5) is 0.931. The number of nitrogens with two attached hydrogens (primary N) is 1. The van der Waals surface area contributed by atoms with Crippen molar-refractivity contribution in [2.75, 3.05) is 5.73 Å². The van der Waals surface area contributed by atoms with Gasteiger partial charge in [0.25, 0.3) is 0 Å². The van der Waals surface area contributed by atoms with Crippen LogP contribution < -0.4 is 5.73 Å². The van der Waals surface area contributed by atoms with Gasteiger partial charge < -0.3 is 5.73 Å². The van der Waals surface area contributed by atoms with Crippen LogP contribution in [0.2, 0.25) is 5.02 Å². The van der Waals surface area contributed by atoms with E-state index in [2.05, 4.69) is 10.2 Å². The molecule has 2 aromatic heterocycles. The summed E-state index contributed by atoms with van der Waals surface area (Å²) in [5.41, 5.74) is 7.47. The maximum atomic E-state index is 13.9. The topological polar surface area (TPSA) is 54.7 Å². The van der Waals surface area contributed by atoms with Gasteiger partial charge in [0.2, 0.25) is 0 Å².